The predicted molar refractivity (Wildman–Crippen MR) is 263 cm³/mol. The number of nitrogens with one attached hydrogen (secondary N) is 2. The Labute approximate surface area is 411 Å². The van der Waals surface area contributed by atoms with E-state index in [0.717, 1.165) is 27.7 Å². The Bertz CT molecular complexity index is 2960. The van der Waals surface area contributed by atoms with E-state index in [1.54, 1.807) is 83.8 Å². The summed E-state index contributed by atoms with van der Waals surface area (Å²) in [5, 5.41) is 18.3. The van der Waals surface area contributed by atoms with Crippen molar-refractivity contribution in [2.45, 2.75) is 28.4 Å². The standard InChI is InChI=1S/C22H20Cl2N4O5S2.C22H23ClN4O3S2/c23-16-3-1-15(2-4-16)22(29)25-14-18-6-8-21(34-18)35(32,33)27-11-9-26(10-12-27)19-7-5-17(24)13-20(19)28(30)31;1-16-3-2-4-20(25-16)26-11-13-27(14-12-26)32(29,30)21-10-9-19(31-21)15-24-22(28)17-5-7-18(23)8-6-17/h1-8,13H,9-12,14H2,(H,25,29);2-10H,11-15H2,1H3,(H,24,28). The molecule has 0 spiro atoms. The Kier molecular flexibility index (Phi) is 16.2. The molecule has 2 aliphatic rings. The highest BCUT2D eigenvalue weighted by Gasteiger charge is 2.33. The molecule has 0 atom stereocenters. The molecular formula is C44H43Cl3N8O8S4. The number of pyridine rings is 1. The molecule has 2 amide bonds. The Hall–Kier alpha value is -5.16. The first-order chi connectivity index (χ1) is 32.0. The zero-order valence-electron chi connectivity index (χ0n) is 35.7. The Balaban J connectivity index is 0.000000200. The summed E-state index contributed by atoms with van der Waals surface area (Å²) in [6.07, 6.45) is 0. The van der Waals surface area contributed by atoms with Gasteiger partial charge in [0.2, 0.25) is 0 Å². The van der Waals surface area contributed by atoms with Gasteiger partial charge in [0.1, 0.15) is 19.9 Å². The van der Waals surface area contributed by atoms with Crippen molar-refractivity contribution in [2.75, 3.05) is 62.2 Å². The van der Waals surface area contributed by atoms with Gasteiger partial charge >= 0.3 is 0 Å². The number of anilines is 2. The van der Waals surface area contributed by atoms with Gasteiger partial charge in [-0.1, -0.05) is 40.9 Å². The molecule has 2 aliphatic heterocycles. The fraction of sp³-hybridized carbons (Fsp3) is 0.250. The molecule has 0 radical (unpaired) electrons. The number of nitro groups is 1. The lowest BCUT2D eigenvalue weighted by molar-refractivity contribution is -0.384. The van der Waals surface area contributed by atoms with E-state index in [2.05, 4.69) is 20.5 Å². The average Bonchev–Trinajstić information content (AvgIpc) is 4.03. The van der Waals surface area contributed by atoms with Crippen LogP contribution in [0.5, 0.6) is 0 Å². The van der Waals surface area contributed by atoms with Crippen molar-refractivity contribution in [3.63, 3.8) is 0 Å². The summed E-state index contributed by atoms with van der Waals surface area (Å²) in [5.74, 6) is 0.351. The summed E-state index contributed by atoms with van der Waals surface area (Å²) >= 11 is 19.9. The van der Waals surface area contributed by atoms with Crippen LogP contribution in [0.15, 0.2) is 118 Å². The normalized spacial score (nSPS) is 14.8. The predicted octanol–water partition coefficient (Wildman–Crippen LogP) is 7.95. The minimum absolute atomic E-state index is 0.114. The second kappa shape index (κ2) is 21.9. The van der Waals surface area contributed by atoms with E-state index in [9.17, 15) is 36.5 Å². The van der Waals surface area contributed by atoms with E-state index < -0.39 is 25.0 Å². The van der Waals surface area contributed by atoms with Crippen molar-refractivity contribution in [1.82, 2.24) is 24.2 Å². The second-order valence-corrected chi connectivity index (χ2v) is 23.1. The van der Waals surface area contributed by atoms with Gasteiger partial charge in [0.05, 0.1) is 18.0 Å². The Morgan fingerprint density at radius 2 is 1.07 bits per heavy atom. The maximum atomic E-state index is 13.1. The third-order valence-electron chi connectivity index (χ3n) is 10.7. The number of piperazine rings is 2. The first-order valence-electron chi connectivity index (χ1n) is 20.6. The van der Waals surface area contributed by atoms with E-state index in [-0.39, 0.29) is 57.1 Å². The Morgan fingerprint density at radius 3 is 1.52 bits per heavy atom. The van der Waals surface area contributed by atoms with Crippen LogP contribution in [0.25, 0.3) is 0 Å². The first-order valence-corrected chi connectivity index (χ1v) is 26.3. The van der Waals surface area contributed by atoms with Crippen LogP contribution in [0.4, 0.5) is 17.2 Å². The number of halogens is 3. The molecule has 2 saturated heterocycles. The van der Waals surface area contributed by atoms with Crippen LogP contribution in [0.2, 0.25) is 15.1 Å². The fourth-order valence-electron chi connectivity index (χ4n) is 7.12. The largest absolute Gasteiger partial charge is 0.363 e. The zero-order chi connectivity index (χ0) is 47.9. The number of aryl methyl sites for hydroxylation is 1. The molecule has 0 saturated carbocycles. The third kappa shape index (κ3) is 12.5. The van der Waals surface area contributed by atoms with Crippen molar-refractivity contribution in [3.05, 3.63) is 161 Å². The maximum Gasteiger partial charge on any atom is 0.294 e. The van der Waals surface area contributed by atoms with Crippen LogP contribution < -0.4 is 20.4 Å². The van der Waals surface area contributed by atoms with Crippen molar-refractivity contribution < 1.29 is 31.3 Å². The molecule has 0 unspecified atom stereocenters. The van der Waals surface area contributed by atoms with Crippen LogP contribution in [-0.2, 0) is 33.1 Å². The third-order valence-corrected chi connectivity index (χ3v) is 18.3. The fourth-order valence-corrected chi connectivity index (χ4v) is 13.3. The van der Waals surface area contributed by atoms with Crippen molar-refractivity contribution in [1.29, 1.82) is 0 Å². The number of carbonyl (C=O) groups excluding carboxylic acids is 2. The summed E-state index contributed by atoms with van der Waals surface area (Å²) in [5.41, 5.74) is 2.19. The molecule has 0 aliphatic carbocycles. The number of rotatable bonds is 13. The molecule has 352 valence electrons. The number of hydrogen-bond donors (Lipinski definition) is 2. The Morgan fingerprint density at radius 1 is 0.627 bits per heavy atom. The van der Waals surface area contributed by atoms with E-state index in [1.165, 1.54) is 32.1 Å². The van der Waals surface area contributed by atoms with E-state index in [0.29, 0.717) is 71.0 Å². The topological polar surface area (TPSA) is 195 Å². The highest BCUT2D eigenvalue weighted by Crippen LogP contribution is 2.33. The first kappa shape index (κ1) is 49.7. The molecule has 6 aromatic rings. The smallest absolute Gasteiger partial charge is 0.294 e. The summed E-state index contributed by atoms with van der Waals surface area (Å²) in [6.45, 7) is 5.34. The molecule has 0 bridgehead atoms. The minimum Gasteiger partial charge on any atom is -0.363 e. The van der Waals surface area contributed by atoms with Crippen molar-refractivity contribution in [2.24, 2.45) is 0 Å². The SMILES string of the molecule is Cc1cccc(N2CCN(S(=O)(=O)c3ccc(CNC(=O)c4ccc(Cl)cc4)s3)CC2)n1.O=C(NCc1ccc(S(=O)(=O)N2CCN(c3ccc(Cl)cc3[N+](=O)[O-])CC2)s1)c1ccc(Cl)cc1. The van der Waals surface area contributed by atoms with Gasteiger partial charge in [-0.25, -0.2) is 21.8 Å². The van der Waals surface area contributed by atoms with Crippen LogP contribution in [0.1, 0.15) is 36.2 Å². The van der Waals surface area contributed by atoms with Gasteiger partial charge in [-0.3, -0.25) is 19.7 Å². The zero-order valence-corrected chi connectivity index (χ0v) is 41.2. The minimum atomic E-state index is -3.73. The summed E-state index contributed by atoms with van der Waals surface area (Å²) in [7, 11) is -7.31. The van der Waals surface area contributed by atoms with E-state index in [4.69, 9.17) is 34.8 Å². The maximum absolute atomic E-state index is 13.1. The van der Waals surface area contributed by atoms with Gasteiger partial charge in [0, 0.05) is 100 Å². The van der Waals surface area contributed by atoms with Gasteiger partial charge in [-0.15, -0.1) is 22.7 Å². The monoisotopic (exact) mass is 1040 g/mol. The van der Waals surface area contributed by atoms with Gasteiger partial charge in [0.25, 0.3) is 37.5 Å². The van der Waals surface area contributed by atoms with Gasteiger partial charge in [-0.05, 0) is 104 Å². The summed E-state index contributed by atoms with van der Waals surface area (Å²) in [4.78, 5) is 45.3. The highest BCUT2D eigenvalue weighted by atomic mass is 35.5. The van der Waals surface area contributed by atoms with Crippen molar-refractivity contribution in [3.8, 4) is 0 Å². The summed E-state index contributed by atoms with van der Waals surface area (Å²) in [6, 6.07) is 29.9. The molecular weight excluding hydrogens is 1000 g/mol. The lowest BCUT2D eigenvalue weighted by Gasteiger charge is -2.34. The molecule has 23 heteroatoms. The number of aromatic nitrogens is 1. The molecule has 67 heavy (non-hydrogen) atoms. The number of benzene rings is 3. The van der Waals surface area contributed by atoms with Gasteiger partial charge < -0.3 is 20.4 Å². The molecule has 2 fully saturated rings. The van der Waals surface area contributed by atoms with E-state index in [1.807, 2.05) is 25.1 Å². The molecule has 2 N–H and O–H groups in total. The molecule has 8 rings (SSSR count). The number of nitrogens with zero attached hydrogens (tertiary/aromatic N) is 6. The molecule has 3 aromatic carbocycles. The molecule has 16 nitrogen and oxygen atoms in total. The number of thiophene rings is 2. The van der Waals surface area contributed by atoms with Crippen LogP contribution >= 0.6 is 57.5 Å². The number of carbonyl (C=O) groups is 2. The van der Waals surface area contributed by atoms with Crippen LogP contribution in [0, 0.1) is 17.0 Å². The molecule has 3 aromatic heterocycles. The number of hydrogen-bond acceptors (Lipinski definition) is 13. The number of nitro benzene ring substituents is 1. The number of sulfonamides is 2. The van der Waals surface area contributed by atoms with E-state index >= 15 is 0 Å². The lowest BCUT2D eigenvalue weighted by atomic mass is 10.2. The van der Waals surface area contributed by atoms with Gasteiger partial charge in [0.15, 0.2) is 0 Å². The quantitative estimate of drug-likeness (QED) is 0.0842. The van der Waals surface area contributed by atoms with Crippen LogP contribution in [-0.4, -0.2) is 99.5 Å². The second-order valence-electron chi connectivity index (χ2n) is 15.1. The lowest BCUT2D eigenvalue weighted by Crippen LogP contribution is -2.48. The van der Waals surface area contributed by atoms with Crippen LogP contribution in [0.3, 0.4) is 0 Å². The summed E-state index contributed by atoms with van der Waals surface area (Å²) < 4.78 is 55.8. The van der Waals surface area contributed by atoms with Gasteiger partial charge in [-0.2, -0.15) is 8.61 Å². The van der Waals surface area contributed by atoms with Crippen molar-refractivity contribution >= 4 is 107 Å². The average molecular weight is 1050 g/mol. The number of amides is 2. The highest BCUT2D eigenvalue weighted by molar-refractivity contribution is 7.91. The molecule has 5 heterocycles.